The topological polar surface area (TPSA) is 76.0 Å². The number of nitrogens with zero attached hydrogens (tertiary/aromatic N) is 1. The van der Waals surface area contributed by atoms with Crippen molar-refractivity contribution in [2.24, 2.45) is 0 Å². The van der Waals surface area contributed by atoms with E-state index in [4.69, 9.17) is 11.6 Å². The van der Waals surface area contributed by atoms with Gasteiger partial charge in [-0.15, -0.1) is 0 Å². The molecule has 0 atom stereocenters. The smallest absolute Gasteiger partial charge is 0.332 e. The van der Waals surface area contributed by atoms with Crippen LogP contribution in [0.1, 0.15) is 19.4 Å². The van der Waals surface area contributed by atoms with E-state index in [1.807, 2.05) is 13.8 Å². The van der Waals surface area contributed by atoms with Gasteiger partial charge in [0.15, 0.2) is 0 Å². The molecule has 1 heterocycles. The number of nitro groups is 1. The Kier molecular flexibility index (Phi) is 4.44. The van der Waals surface area contributed by atoms with E-state index in [0.29, 0.717) is 16.1 Å². The van der Waals surface area contributed by atoms with Crippen molar-refractivity contribution in [3.8, 4) is 0 Å². The minimum Gasteiger partial charge on any atom is -0.355 e. The molecule has 0 spiro atoms. The van der Waals surface area contributed by atoms with E-state index in [0.717, 1.165) is 6.20 Å². The number of aromatic amines is 1. The molecular weight excluding hydrogens is 256 g/mol. The zero-order valence-electron chi connectivity index (χ0n) is 10.3. The van der Waals surface area contributed by atoms with Crippen LogP contribution >= 0.6 is 11.6 Å². The van der Waals surface area contributed by atoms with Crippen LogP contribution in [0.25, 0.3) is 10.9 Å². The Balaban J connectivity index is 0.000000771. The first-order chi connectivity index (χ1) is 8.50. The van der Waals surface area contributed by atoms with Crippen LogP contribution in [0.4, 0.5) is 5.69 Å². The van der Waals surface area contributed by atoms with Crippen LogP contribution in [-0.4, -0.2) is 9.91 Å². The summed E-state index contributed by atoms with van der Waals surface area (Å²) in [7, 11) is 0. The number of fused-ring (bicyclic) bond motifs is 1. The van der Waals surface area contributed by atoms with Gasteiger partial charge in [0, 0.05) is 5.02 Å². The minimum atomic E-state index is -0.706. The molecule has 0 unspecified atom stereocenters. The lowest BCUT2D eigenvalue weighted by Gasteiger charge is -2.01. The number of rotatable bonds is 1. The maximum atomic E-state index is 11.7. The van der Waals surface area contributed by atoms with Gasteiger partial charge in [-0.05, 0) is 24.6 Å². The Morgan fingerprint density at radius 1 is 1.33 bits per heavy atom. The predicted octanol–water partition coefficient (Wildman–Crippen LogP) is 3.42. The van der Waals surface area contributed by atoms with E-state index in [1.54, 1.807) is 19.1 Å². The summed E-state index contributed by atoms with van der Waals surface area (Å²) in [5, 5.41) is 11.4. The molecule has 0 bridgehead atoms. The number of aromatic nitrogens is 1. The lowest BCUT2D eigenvalue weighted by atomic mass is 10.1. The summed E-state index contributed by atoms with van der Waals surface area (Å²) in [5.74, 6) is 0. The second-order valence-electron chi connectivity index (χ2n) is 3.41. The van der Waals surface area contributed by atoms with Gasteiger partial charge in [0.05, 0.1) is 22.0 Å². The zero-order chi connectivity index (χ0) is 13.9. The van der Waals surface area contributed by atoms with Crippen LogP contribution in [0.2, 0.25) is 5.02 Å². The summed E-state index contributed by atoms with van der Waals surface area (Å²) in [6.07, 6.45) is 1.08. The van der Waals surface area contributed by atoms with Crippen LogP contribution in [-0.2, 0) is 0 Å². The molecule has 6 heteroatoms. The van der Waals surface area contributed by atoms with Crippen LogP contribution < -0.4 is 5.43 Å². The number of pyridine rings is 1. The quantitative estimate of drug-likeness (QED) is 0.636. The third-order valence-corrected chi connectivity index (χ3v) is 2.74. The predicted molar refractivity (Wildman–Crippen MR) is 72.3 cm³/mol. The third-order valence-electron chi connectivity index (χ3n) is 2.34. The van der Waals surface area contributed by atoms with Crippen molar-refractivity contribution in [1.82, 2.24) is 4.98 Å². The number of hydrogen-bond donors (Lipinski definition) is 1. The van der Waals surface area contributed by atoms with Crippen molar-refractivity contribution in [3.05, 3.63) is 49.3 Å². The van der Waals surface area contributed by atoms with Crippen LogP contribution in [0.15, 0.2) is 23.1 Å². The van der Waals surface area contributed by atoms with Gasteiger partial charge in [0.2, 0.25) is 0 Å². The van der Waals surface area contributed by atoms with Gasteiger partial charge in [-0.2, -0.15) is 0 Å². The fraction of sp³-hybridized carbons (Fsp3) is 0.250. The number of aryl methyl sites for hydroxylation is 1. The molecule has 1 aromatic heterocycles. The maximum absolute atomic E-state index is 11.7. The molecule has 18 heavy (non-hydrogen) atoms. The molecule has 0 saturated carbocycles. The Morgan fingerprint density at radius 2 is 1.94 bits per heavy atom. The highest BCUT2D eigenvalue weighted by Crippen LogP contribution is 2.21. The average Bonchev–Trinajstić information content (AvgIpc) is 2.34. The number of hydrogen-bond acceptors (Lipinski definition) is 3. The first-order valence-electron chi connectivity index (χ1n) is 5.46. The van der Waals surface area contributed by atoms with Gasteiger partial charge >= 0.3 is 5.69 Å². The summed E-state index contributed by atoms with van der Waals surface area (Å²) in [6.45, 7) is 5.74. The highest BCUT2D eigenvalue weighted by atomic mass is 35.5. The highest BCUT2D eigenvalue weighted by molar-refractivity contribution is 6.32. The lowest BCUT2D eigenvalue weighted by molar-refractivity contribution is -0.386. The fourth-order valence-electron chi connectivity index (χ4n) is 1.47. The molecule has 0 saturated heterocycles. The molecule has 0 aliphatic rings. The molecule has 2 rings (SSSR count). The summed E-state index contributed by atoms with van der Waals surface area (Å²) in [6, 6.07) is 3.13. The van der Waals surface area contributed by atoms with Crippen molar-refractivity contribution < 1.29 is 4.92 Å². The molecule has 0 aliphatic carbocycles. The molecule has 0 aliphatic heterocycles. The third kappa shape index (κ3) is 2.51. The second-order valence-corrected chi connectivity index (χ2v) is 3.81. The van der Waals surface area contributed by atoms with Crippen molar-refractivity contribution in [2.45, 2.75) is 20.8 Å². The van der Waals surface area contributed by atoms with E-state index in [-0.39, 0.29) is 5.39 Å². The van der Waals surface area contributed by atoms with Crippen molar-refractivity contribution >= 4 is 28.2 Å². The van der Waals surface area contributed by atoms with Crippen molar-refractivity contribution in [1.29, 1.82) is 0 Å². The summed E-state index contributed by atoms with van der Waals surface area (Å²) < 4.78 is 0. The molecule has 1 N–H and O–H groups in total. The Labute approximate surface area is 109 Å². The van der Waals surface area contributed by atoms with Gasteiger partial charge < -0.3 is 4.98 Å². The lowest BCUT2D eigenvalue weighted by Crippen LogP contribution is -2.09. The zero-order valence-corrected chi connectivity index (χ0v) is 11.0. The molecular formula is C12H13ClN2O3. The molecule has 0 fully saturated rings. The fourth-order valence-corrected chi connectivity index (χ4v) is 1.64. The molecule has 2 aromatic rings. The normalized spacial score (nSPS) is 9.78. The standard InChI is InChI=1S/C10H7ClN2O3.C2H6/c1-5-2-6-8(3-7(5)11)12-4-9(10(6)14)13(15)16;1-2/h2-4H,1H3,(H,12,14);1-2H3. The molecule has 0 radical (unpaired) electrons. The first-order valence-corrected chi connectivity index (χ1v) is 5.84. The van der Waals surface area contributed by atoms with Gasteiger partial charge in [0.1, 0.15) is 0 Å². The molecule has 96 valence electrons. The highest BCUT2D eigenvalue weighted by Gasteiger charge is 2.15. The molecule has 1 aromatic carbocycles. The van der Waals surface area contributed by atoms with Gasteiger partial charge in [-0.1, -0.05) is 25.4 Å². The van der Waals surface area contributed by atoms with Crippen molar-refractivity contribution in [2.75, 3.05) is 0 Å². The van der Waals surface area contributed by atoms with E-state index in [1.165, 1.54) is 0 Å². The van der Waals surface area contributed by atoms with Crippen LogP contribution in [0.5, 0.6) is 0 Å². The minimum absolute atomic E-state index is 0.274. The maximum Gasteiger partial charge on any atom is 0.332 e. The largest absolute Gasteiger partial charge is 0.355 e. The van der Waals surface area contributed by atoms with Gasteiger partial charge in [0.25, 0.3) is 5.43 Å². The summed E-state index contributed by atoms with van der Waals surface area (Å²) in [5.41, 5.74) is 0.138. The molecule has 5 nitrogen and oxygen atoms in total. The second kappa shape index (κ2) is 5.64. The summed E-state index contributed by atoms with van der Waals surface area (Å²) >= 11 is 5.89. The van der Waals surface area contributed by atoms with E-state index < -0.39 is 16.0 Å². The van der Waals surface area contributed by atoms with E-state index in [9.17, 15) is 14.9 Å². The first kappa shape index (κ1) is 14.2. The Morgan fingerprint density at radius 3 is 2.50 bits per heavy atom. The average molecular weight is 269 g/mol. The number of H-pyrrole nitrogens is 1. The van der Waals surface area contributed by atoms with Gasteiger partial charge in [-0.25, -0.2) is 0 Å². The Hall–Kier alpha value is -1.88. The van der Waals surface area contributed by atoms with Crippen molar-refractivity contribution in [3.63, 3.8) is 0 Å². The number of halogens is 1. The van der Waals surface area contributed by atoms with Crippen LogP contribution in [0, 0.1) is 17.0 Å². The molecule has 0 amide bonds. The monoisotopic (exact) mass is 268 g/mol. The van der Waals surface area contributed by atoms with Crippen LogP contribution in [0.3, 0.4) is 0 Å². The van der Waals surface area contributed by atoms with E-state index >= 15 is 0 Å². The SMILES string of the molecule is CC.Cc1cc2c(=O)c([N+](=O)[O-])c[nH]c2cc1Cl. The van der Waals surface area contributed by atoms with Gasteiger partial charge in [-0.3, -0.25) is 14.9 Å². The summed E-state index contributed by atoms with van der Waals surface area (Å²) in [4.78, 5) is 24.3. The number of nitrogens with one attached hydrogen (secondary N) is 1. The Bertz CT molecular complexity index is 650. The van der Waals surface area contributed by atoms with E-state index in [2.05, 4.69) is 4.98 Å². The number of benzene rings is 1.